The van der Waals surface area contributed by atoms with E-state index in [0.717, 1.165) is 31.8 Å². The molecule has 0 aliphatic heterocycles. The van der Waals surface area contributed by atoms with Crippen molar-refractivity contribution in [2.24, 2.45) is 0 Å². The van der Waals surface area contributed by atoms with Gasteiger partial charge in [0.2, 0.25) is 0 Å². The minimum Gasteiger partial charge on any atom is -0.383 e. The number of carbonyl (C=O) groups is 1. The van der Waals surface area contributed by atoms with E-state index in [9.17, 15) is 4.79 Å². The van der Waals surface area contributed by atoms with Gasteiger partial charge in [-0.1, -0.05) is 19.1 Å². The second kappa shape index (κ2) is 7.29. The van der Waals surface area contributed by atoms with Crippen LogP contribution in [-0.2, 0) is 11.3 Å². The molecule has 0 aromatic heterocycles. The Kier molecular flexibility index (Phi) is 6.02. The van der Waals surface area contributed by atoms with Gasteiger partial charge in [0.15, 0.2) is 5.78 Å². The summed E-state index contributed by atoms with van der Waals surface area (Å²) in [6.45, 7) is 9.40. The van der Waals surface area contributed by atoms with E-state index in [2.05, 4.69) is 24.8 Å². The third-order valence-corrected chi connectivity index (χ3v) is 3.20. The summed E-state index contributed by atoms with van der Waals surface area (Å²) in [5.74, 6) is 0.122. The fourth-order valence-corrected chi connectivity index (χ4v) is 1.90. The van der Waals surface area contributed by atoms with Crippen molar-refractivity contribution in [3.63, 3.8) is 0 Å². The van der Waals surface area contributed by atoms with Gasteiger partial charge >= 0.3 is 0 Å². The highest BCUT2D eigenvalue weighted by molar-refractivity contribution is 5.94. The molecule has 1 rings (SSSR count). The van der Waals surface area contributed by atoms with E-state index in [1.807, 2.05) is 12.1 Å². The largest absolute Gasteiger partial charge is 0.383 e. The lowest BCUT2D eigenvalue weighted by atomic mass is 10.0. The lowest BCUT2D eigenvalue weighted by Gasteiger charge is -2.21. The lowest BCUT2D eigenvalue weighted by Crippen LogP contribution is -2.27. The van der Waals surface area contributed by atoms with Crippen LogP contribution in [0.5, 0.6) is 0 Å². The monoisotopic (exact) mass is 249 g/mol. The molecule has 0 aliphatic carbocycles. The van der Waals surface area contributed by atoms with E-state index in [-0.39, 0.29) is 5.78 Å². The summed E-state index contributed by atoms with van der Waals surface area (Å²) in [7, 11) is 1.72. The van der Waals surface area contributed by atoms with Crippen molar-refractivity contribution in [2.45, 2.75) is 27.3 Å². The van der Waals surface area contributed by atoms with Gasteiger partial charge in [-0.05, 0) is 37.6 Å². The second-order valence-electron chi connectivity index (χ2n) is 4.56. The Hall–Kier alpha value is -1.19. The Morgan fingerprint density at radius 3 is 2.61 bits per heavy atom. The Morgan fingerprint density at radius 1 is 1.39 bits per heavy atom. The van der Waals surface area contributed by atoms with E-state index in [1.165, 1.54) is 11.1 Å². The summed E-state index contributed by atoms with van der Waals surface area (Å²) in [6, 6.07) is 5.94. The van der Waals surface area contributed by atoms with Gasteiger partial charge in [-0.15, -0.1) is 0 Å². The van der Waals surface area contributed by atoms with E-state index >= 15 is 0 Å². The molecule has 0 heterocycles. The van der Waals surface area contributed by atoms with Gasteiger partial charge in [0, 0.05) is 25.8 Å². The minimum absolute atomic E-state index is 0.122. The Morgan fingerprint density at radius 2 is 2.11 bits per heavy atom. The number of methoxy groups -OCH3 is 1. The van der Waals surface area contributed by atoms with Gasteiger partial charge < -0.3 is 4.74 Å². The molecule has 1 aromatic rings. The quantitative estimate of drug-likeness (QED) is 0.696. The first-order valence-corrected chi connectivity index (χ1v) is 6.40. The number of Topliss-reactive ketones (excluding diaryl/α,β-unsaturated/α-hetero) is 1. The lowest BCUT2D eigenvalue weighted by molar-refractivity contribution is 0.101. The van der Waals surface area contributed by atoms with Gasteiger partial charge in [0.05, 0.1) is 6.61 Å². The number of likely N-dealkylation sites (N-methyl/N-ethyl adjacent to an activating group) is 1. The van der Waals surface area contributed by atoms with E-state index in [0.29, 0.717) is 0 Å². The van der Waals surface area contributed by atoms with Crippen molar-refractivity contribution in [2.75, 3.05) is 26.8 Å². The number of nitrogens with zero attached hydrogens (tertiary/aromatic N) is 1. The molecule has 0 atom stereocenters. The number of rotatable bonds is 7. The number of carbonyl (C=O) groups excluding carboxylic acids is 1. The molecule has 0 saturated heterocycles. The van der Waals surface area contributed by atoms with Crippen LogP contribution in [0.2, 0.25) is 0 Å². The van der Waals surface area contributed by atoms with Crippen molar-refractivity contribution in [1.82, 2.24) is 4.90 Å². The fourth-order valence-electron chi connectivity index (χ4n) is 1.90. The van der Waals surface area contributed by atoms with Gasteiger partial charge in [-0.25, -0.2) is 0 Å². The summed E-state index contributed by atoms with van der Waals surface area (Å²) in [5.41, 5.74) is 3.24. The average molecular weight is 249 g/mol. The molecule has 0 unspecified atom stereocenters. The van der Waals surface area contributed by atoms with Gasteiger partial charge in [0.25, 0.3) is 0 Å². The van der Waals surface area contributed by atoms with Crippen LogP contribution in [0.25, 0.3) is 0 Å². The van der Waals surface area contributed by atoms with Gasteiger partial charge in [-0.2, -0.15) is 0 Å². The number of benzene rings is 1. The molecule has 3 nitrogen and oxygen atoms in total. The normalized spacial score (nSPS) is 10.9. The predicted octanol–water partition coefficient (Wildman–Crippen LogP) is 2.67. The molecule has 1 aromatic carbocycles. The molecule has 18 heavy (non-hydrogen) atoms. The zero-order valence-electron chi connectivity index (χ0n) is 11.8. The zero-order chi connectivity index (χ0) is 13.5. The summed E-state index contributed by atoms with van der Waals surface area (Å²) in [4.78, 5) is 13.6. The summed E-state index contributed by atoms with van der Waals surface area (Å²) < 4.78 is 5.11. The first-order valence-electron chi connectivity index (χ1n) is 6.40. The van der Waals surface area contributed by atoms with Crippen LogP contribution < -0.4 is 0 Å². The summed E-state index contributed by atoms with van der Waals surface area (Å²) in [6.07, 6.45) is 0. The number of aryl methyl sites for hydroxylation is 1. The highest BCUT2D eigenvalue weighted by Crippen LogP contribution is 2.14. The van der Waals surface area contributed by atoms with Crippen LogP contribution in [-0.4, -0.2) is 37.5 Å². The van der Waals surface area contributed by atoms with Gasteiger partial charge in [-0.3, -0.25) is 9.69 Å². The smallest absolute Gasteiger partial charge is 0.159 e. The summed E-state index contributed by atoms with van der Waals surface area (Å²) >= 11 is 0. The molecule has 0 spiro atoms. The molecule has 0 fully saturated rings. The fraction of sp³-hybridized carbons (Fsp3) is 0.533. The molecule has 0 N–H and O–H groups in total. The van der Waals surface area contributed by atoms with Crippen LogP contribution in [0.3, 0.4) is 0 Å². The van der Waals surface area contributed by atoms with Crippen molar-refractivity contribution in [1.29, 1.82) is 0 Å². The highest BCUT2D eigenvalue weighted by Gasteiger charge is 2.07. The van der Waals surface area contributed by atoms with Crippen LogP contribution in [0.1, 0.15) is 35.3 Å². The van der Waals surface area contributed by atoms with Crippen LogP contribution >= 0.6 is 0 Å². The maximum atomic E-state index is 11.3. The number of hydrogen-bond acceptors (Lipinski definition) is 3. The molecule has 3 heteroatoms. The molecule has 0 bridgehead atoms. The molecular weight excluding hydrogens is 226 g/mol. The molecule has 0 aliphatic rings. The zero-order valence-corrected chi connectivity index (χ0v) is 11.8. The van der Waals surface area contributed by atoms with Crippen LogP contribution in [0.15, 0.2) is 18.2 Å². The number of hydrogen-bond donors (Lipinski definition) is 0. The maximum absolute atomic E-state index is 11.3. The Labute approximate surface area is 110 Å². The molecule has 0 amide bonds. The van der Waals surface area contributed by atoms with Crippen molar-refractivity contribution in [3.05, 3.63) is 34.9 Å². The molecule has 0 radical (unpaired) electrons. The topological polar surface area (TPSA) is 29.5 Å². The highest BCUT2D eigenvalue weighted by atomic mass is 16.5. The van der Waals surface area contributed by atoms with E-state index in [1.54, 1.807) is 14.0 Å². The van der Waals surface area contributed by atoms with Crippen molar-refractivity contribution >= 4 is 5.78 Å². The Balaban J connectivity index is 2.74. The standard InChI is InChI=1S/C15H23NO2/c1-5-16(8-9-18-4)11-15-7-6-14(13(3)17)10-12(15)2/h6-7,10H,5,8-9,11H2,1-4H3. The van der Waals surface area contributed by atoms with Crippen molar-refractivity contribution in [3.8, 4) is 0 Å². The van der Waals surface area contributed by atoms with Crippen LogP contribution in [0, 0.1) is 6.92 Å². The summed E-state index contributed by atoms with van der Waals surface area (Å²) in [5, 5.41) is 0. The predicted molar refractivity (Wildman–Crippen MR) is 74.0 cm³/mol. The van der Waals surface area contributed by atoms with E-state index < -0.39 is 0 Å². The first-order chi connectivity index (χ1) is 8.58. The third kappa shape index (κ3) is 4.24. The molecule has 100 valence electrons. The number of ether oxygens (including phenoxy) is 1. The SMILES string of the molecule is CCN(CCOC)Cc1ccc(C(C)=O)cc1C. The second-order valence-corrected chi connectivity index (χ2v) is 4.56. The van der Waals surface area contributed by atoms with Crippen molar-refractivity contribution < 1.29 is 9.53 Å². The third-order valence-electron chi connectivity index (χ3n) is 3.20. The maximum Gasteiger partial charge on any atom is 0.159 e. The minimum atomic E-state index is 0.122. The first kappa shape index (κ1) is 14.9. The molecule has 0 saturated carbocycles. The molecular formula is C15H23NO2. The van der Waals surface area contributed by atoms with Gasteiger partial charge in [0.1, 0.15) is 0 Å². The Bertz CT molecular complexity index is 401. The van der Waals surface area contributed by atoms with Crippen LogP contribution in [0.4, 0.5) is 0 Å². The number of ketones is 1. The average Bonchev–Trinajstić information content (AvgIpc) is 2.35. The van der Waals surface area contributed by atoms with E-state index in [4.69, 9.17) is 4.74 Å².